The fourth-order valence-electron chi connectivity index (χ4n) is 1.34. The van der Waals surface area contributed by atoms with Crippen LogP contribution in [0.3, 0.4) is 0 Å². The van der Waals surface area contributed by atoms with Gasteiger partial charge in [-0.05, 0) is 31.5 Å². The van der Waals surface area contributed by atoms with Gasteiger partial charge in [-0.1, -0.05) is 19.1 Å². The molecule has 0 bridgehead atoms. The first-order valence-corrected chi connectivity index (χ1v) is 4.91. The highest BCUT2D eigenvalue weighted by Gasteiger charge is 2.10. The summed E-state index contributed by atoms with van der Waals surface area (Å²) in [6.45, 7) is 9.13. The Kier molecular flexibility index (Phi) is 4.26. The van der Waals surface area contributed by atoms with Crippen LogP contribution in [0.5, 0.6) is 0 Å². The predicted octanol–water partition coefficient (Wildman–Crippen LogP) is 2.09. The highest BCUT2D eigenvalue weighted by atomic mass is 15.1. The lowest BCUT2D eigenvalue weighted by molar-refractivity contribution is 0.588. The highest BCUT2D eigenvalue weighted by Crippen LogP contribution is 2.18. The Morgan fingerprint density at radius 3 is 2.86 bits per heavy atom. The molecule has 0 aliphatic heterocycles. The Balaban J connectivity index is 2.73. The molecule has 0 spiro atoms. The van der Waals surface area contributed by atoms with Crippen LogP contribution in [-0.2, 0) is 0 Å². The molecule has 1 atom stereocenters. The average Bonchev–Trinajstić information content (AvgIpc) is 2.19. The Bertz CT molecular complexity index is 282. The van der Waals surface area contributed by atoms with E-state index < -0.39 is 0 Å². The Labute approximate surface area is 85.3 Å². The van der Waals surface area contributed by atoms with Crippen LogP contribution in [0.1, 0.15) is 31.9 Å². The molecule has 0 aliphatic rings. The van der Waals surface area contributed by atoms with Crippen molar-refractivity contribution >= 4 is 0 Å². The number of rotatable bonds is 5. The zero-order chi connectivity index (χ0) is 10.4. The molecule has 3 nitrogen and oxygen atoms in total. The van der Waals surface area contributed by atoms with Gasteiger partial charge in [-0.15, -0.1) is 0 Å². The lowest BCUT2D eigenvalue weighted by Gasteiger charge is -2.18. The zero-order valence-corrected chi connectivity index (χ0v) is 8.83. The van der Waals surface area contributed by atoms with Crippen molar-refractivity contribution in [1.82, 2.24) is 15.5 Å². The SMILES string of the molecule is C=C(C)C(NCCC)c1ccnnc1. The van der Waals surface area contributed by atoms with Crippen LogP contribution in [0.15, 0.2) is 30.6 Å². The molecular formula is C11H17N3. The Morgan fingerprint density at radius 2 is 2.36 bits per heavy atom. The molecule has 1 rings (SSSR count). The van der Waals surface area contributed by atoms with Gasteiger partial charge < -0.3 is 5.32 Å². The monoisotopic (exact) mass is 191 g/mol. The van der Waals surface area contributed by atoms with E-state index in [1.165, 1.54) is 0 Å². The number of nitrogens with zero attached hydrogens (tertiary/aromatic N) is 2. The van der Waals surface area contributed by atoms with Gasteiger partial charge in [-0.3, -0.25) is 0 Å². The molecule has 0 saturated heterocycles. The summed E-state index contributed by atoms with van der Waals surface area (Å²) in [4.78, 5) is 0. The number of aromatic nitrogens is 2. The molecule has 1 aromatic heterocycles. The largest absolute Gasteiger partial charge is 0.307 e. The van der Waals surface area contributed by atoms with Gasteiger partial charge in [0.25, 0.3) is 0 Å². The smallest absolute Gasteiger partial charge is 0.0547 e. The van der Waals surface area contributed by atoms with E-state index in [1.54, 1.807) is 12.4 Å². The maximum absolute atomic E-state index is 3.97. The maximum atomic E-state index is 3.97. The van der Waals surface area contributed by atoms with Crippen molar-refractivity contribution in [2.75, 3.05) is 6.54 Å². The van der Waals surface area contributed by atoms with Crippen LogP contribution in [-0.4, -0.2) is 16.7 Å². The van der Waals surface area contributed by atoms with Crippen LogP contribution in [0.25, 0.3) is 0 Å². The van der Waals surface area contributed by atoms with E-state index in [0.29, 0.717) is 0 Å². The summed E-state index contributed by atoms with van der Waals surface area (Å²) in [6, 6.07) is 2.17. The normalized spacial score (nSPS) is 12.4. The second-order valence-corrected chi connectivity index (χ2v) is 3.41. The molecule has 0 saturated carbocycles. The second-order valence-electron chi connectivity index (χ2n) is 3.41. The minimum atomic E-state index is 0.199. The molecule has 1 aromatic rings. The van der Waals surface area contributed by atoms with Gasteiger partial charge in [-0.2, -0.15) is 10.2 Å². The summed E-state index contributed by atoms with van der Waals surface area (Å²) in [5, 5.41) is 11.0. The Hall–Kier alpha value is -1.22. The van der Waals surface area contributed by atoms with Gasteiger partial charge in [-0.25, -0.2) is 0 Å². The van der Waals surface area contributed by atoms with Crippen molar-refractivity contribution in [2.24, 2.45) is 0 Å². The van der Waals surface area contributed by atoms with Crippen LogP contribution < -0.4 is 5.32 Å². The van der Waals surface area contributed by atoms with Gasteiger partial charge in [0, 0.05) is 6.20 Å². The third-order valence-electron chi connectivity index (χ3n) is 2.03. The fraction of sp³-hybridized carbons (Fsp3) is 0.455. The van der Waals surface area contributed by atoms with Gasteiger partial charge in [0.15, 0.2) is 0 Å². The first kappa shape index (κ1) is 10.9. The standard InChI is InChI=1S/C11H17N3/c1-4-6-12-11(9(2)3)10-5-7-13-14-8-10/h5,7-8,11-12H,2,4,6H2,1,3H3. The van der Waals surface area contributed by atoms with Crippen LogP contribution in [0.4, 0.5) is 0 Å². The summed E-state index contributed by atoms with van der Waals surface area (Å²) in [5.41, 5.74) is 2.23. The van der Waals surface area contributed by atoms with E-state index in [2.05, 4.69) is 29.0 Å². The summed E-state index contributed by atoms with van der Waals surface area (Å²) >= 11 is 0. The van der Waals surface area contributed by atoms with Crippen molar-refractivity contribution in [3.63, 3.8) is 0 Å². The lowest BCUT2D eigenvalue weighted by Crippen LogP contribution is -2.22. The first-order valence-electron chi connectivity index (χ1n) is 4.91. The third kappa shape index (κ3) is 2.92. The van der Waals surface area contributed by atoms with Crippen molar-refractivity contribution in [2.45, 2.75) is 26.3 Å². The van der Waals surface area contributed by atoms with Gasteiger partial charge in [0.2, 0.25) is 0 Å². The van der Waals surface area contributed by atoms with E-state index in [0.717, 1.165) is 24.1 Å². The second kappa shape index (κ2) is 5.50. The van der Waals surface area contributed by atoms with Gasteiger partial charge in [0.05, 0.1) is 12.2 Å². The molecule has 14 heavy (non-hydrogen) atoms. The van der Waals surface area contributed by atoms with E-state index in [1.807, 2.05) is 13.0 Å². The van der Waals surface area contributed by atoms with Crippen molar-refractivity contribution in [1.29, 1.82) is 0 Å². The van der Waals surface area contributed by atoms with E-state index in [4.69, 9.17) is 0 Å². The number of hydrogen-bond donors (Lipinski definition) is 1. The molecule has 1 heterocycles. The van der Waals surface area contributed by atoms with Crippen LogP contribution in [0, 0.1) is 0 Å². The topological polar surface area (TPSA) is 37.8 Å². The fourth-order valence-corrected chi connectivity index (χ4v) is 1.34. The van der Waals surface area contributed by atoms with E-state index >= 15 is 0 Å². The highest BCUT2D eigenvalue weighted by molar-refractivity contribution is 5.21. The molecule has 0 aromatic carbocycles. The maximum Gasteiger partial charge on any atom is 0.0547 e. The zero-order valence-electron chi connectivity index (χ0n) is 8.83. The third-order valence-corrected chi connectivity index (χ3v) is 2.03. The molecule has 76 valence electrons. The molecule has 0 amide bonds. The number of hydrogen-bond acceptors (Lipinski definition) is 3. The molecule has 0 fully saturated rings. The molecule has 0 radical (unpaired) electrons. The lowest BCUT2D eigenvalue weighted by atomic mass is 10.0. The van der Waals surface area contributed by atoms with Crippen molar-refractivity contribution in [3.8, 4) is 0 Å². The number of nitrogens with one attached hydrogen (secondary N) is 1. The summed E-state index contributed by atoms with van der Waals surface area (Å²) in [5.74, 6) is 0. The summed E-state index contributed by atoms with van der Waals surface area (Å²) in [6.07, 6.45) is 4.60. The minimum Gasteiger partial charge on any atom is -0.307 e. The predicted molar refractivity (Wildman–Crippen MR) is 57.9 cm³/mol. The summed E-state index contributed by atoms with van der Waals surface area (Å²) in [7, 11) is 0. The van der Waals surface area contributed by atoms with Gasteiger partial charge in [0.1, 0.15) is 0 Å². The first-order chi connectivity index (χ1) is 6.75. The Morgan fingerprint density at radius 1 is 1.57 bits per heavy atom. The molecule has 1 unspecified atom stereocenters. The van der Waals surface area contributed by atoms with E-state index in [-0.39, 0.29) is 6.04 Å². The van der Waals surface area contributed by atoms with Crippen molar-refractivity contribution in [3.05, 3.63) is 36.2 Å². The summed E-state index contributed by atoms with van der Waals surface area (Å²) < 4.78 is 0. The van der Waals surface area contributed by atoms with Gasteiger partial charge >= 0.3 is 0 Å². The molecule has 1 N–H and O–H groups in total. The van der Waals surface area contributed by atoms with Crippen molar-refractivity contribution < 1.29 is 0 Å². The average molecular weight is 191 g/mol. The van der Waals surface area contributed by atoms with Crippen LogP contribution in [0.2, 0.25) is 0 Å². The quantitative estimate of drug-likeness (QED) is 0.724. The van der Waals surface area contributed by atoms with E-state index in [9.17, 15) is 0 Å². The van der Waals surface area contributed by atoms with Crippen LogP contribution >= 0.6 is 0 Å². The minimum absolute atomic E-state index is 0.199. The molecule has 3 heteroatoms. The molecule has 0 aliphatic carbocycles. The molecular weight excluding hydrogens is 174 g/mol.